The second kappa shape index (κ2) is 30.7. The van der Waals surface area contributed by atoms with Crippen LogP contribution in [0.5, 0.6) is 11.5 Å². The maximum atomic E-state index is 10.7. The fraction of sp³-hybridized carbons (Fsp3) is 0.452. The molecule has 0 atom stereocenters. The van der Waals surface area contributed by atoms with Crippen LogP contribution in [0.15, 0.2) is 121 Å². The average Bonchev–Trinajstić information content (AvgIpc) is 4.03. The Kier molecular flexibility index (Phi) is 28.8. The summed E-state index contributed by atoms with van der Waals surface area (Å²) in [5, 5.41) is 23.6. The first-order valence-corrected chi connectivity index (χ1v) is 33.1. The molecule has 2 aromatic heterocycles. The molecule has 75 heavy (non-hydrogen) atoms. The Balaban J connectivity index is 0.000000470. The van der Waals surface area contributed by atoms with Gasteiger partial charge in [0, 0.05) is 15.6 Å². The molecule has 4 aromatic carbocycles. The Bertz CT molecular complexity index is 2550. The number of phenols is 2. The van der Waals surface area contributed by atoms with Gasteiger partial charge in [-0.25, -0.2) is 0 Å². The van der Waals surface area contributed by atoms with Crippen molar-refractivity contribution >= 4 is 82.5 Å². The number of benzene rings is 4. The van der Waals surface area contributed by atoms with E-state index in [1.807, 2.05) is 72.8 Å². The summed E-state index contributed by atoms with van der Waals surface area (Å²) < 4.78 is 14.7. The van der Waals surface area contributed by atoms with Crippen LogP contribution in [-0.4, -0.2) is 19.0 Å². The maximum absolute atomic E-state index is 10.7. The first-order chi connectivity index (χ1) is 34.1. The number of nitrogens with zero attached hydrogens (tertiary/aromatic N) is 4. The van der Waals surface area contributed by atoms with Crippen molar-refractivity contribution in [3.63, 3.8) is 0 Å². The van der Waals surface area contributed by atoms with Gasteiger partial charge in [-0.15, -0.1) is 0 Å². The molecule has 0 unspecified atom stereocenters. The first kappa shape index (κ1) is 70.4. The average molecular weight is 1510 g/mol. The zero-order chi connectivity index (χ0) is 58.0. The summed E-state index contributed by atoms with van der Waals surface area (Å²) in [6, 6.07) is 26.9. The van der Waals surface area contributed by atoms with E-state index in [0.717, 1.165) is 38.1 Å². The van der Waals surface area contributed by atoms with E-state index in [-0.39, 0.29) is 37.9 Å². The predicted molar refractivity (Wildman–Crippen MR) is 325 cm³/mol. The van der Waals surface area contributed by atoms with E-state index in [0.29, 0.717) is 31.6 Å². The Morgan fingerprint density at radius 2 is 0.667 bits per heavy atom. The molecule has 0 spiro atoms. The summed E-state index contributed by atoms with van der Waals surface area (Å²) in [7, 11) is 0. The van der Waals surface area contributed by atoms with E-state index in [1.165, 1.54) is 5.56 Å². The standard InChI is InChI=1S/C18H30O.C14H21BrO.2C6H3Cl2N.2C5H10.2C4H4N.2W/c1-16(2,3)12-10-13(17(4,5)6)15(19)14(11-12)18(7,8)9;1-13(2,3)10-7-9(15)8-11(12(10)16)14(4,5)6;2*7-4-2-1-3-5(8)6(4)9;2*1-5(2,3)4;2*1-2-4-5-3-1;;/h10-11,19H,1-9H3;7-8,16H,1-6H3;2*1-3H;2*1H,2-4H3;2*1-4H;;/q;;;;;;2*-1;;. The van der Waals surface area contributed by atoms with Gasteiger partial charge in [0.25, 0.3) is 0 Å². The van der Waals surface area contributed by atoms with E-state index in [4.69, 9.17) is 46.4 Å². The molecule has 414 valence electrons. The van der Waals surface area contributed by atoms with E-state index in [9.17, 15) is 10.2 Å². The molecule has 6 rings (SSSR count). The minimum absolute atomic E-state index is 0.0478. The van der Waals surface area contributed by atoms with Gasteiger partial charge < -0.3 is 20.2 Å². The van der Waals surface area contributed by atoms with E-state index >= 15 is 0 Å². The molecule has 0 radical (unpaired) electrons. The number of aromatic nitrogens is 2. The maximum Gasteiger partial charge on any atom is 0.123 e. The van der Waals surface area contributed by atoms with Gasteiger partial charge in [-0.3, -0.25) is 0 Å². The van der Waals surface area contributed by atoms with Crippen LogP contribution >= 0.6 is 62.3 Å². The summed E-state index contributed by atoms with van der Waals surface area (Å²) in [5.41, 5.74) is 7.25. The molecule has 2 heterocycles. The summed E-state index contributed by atoms with van der Waals surface area (Å²) in [6.45, 7) is 45.3. The second-order valence-electron chi connectivity index (χ2n) is 25.2. The van der Waals surface area contributed by atoms with Crippen LogP contribution in [0.4, 0.5) is 11.4 Å². The van der Waals surface area contributed by atoms with Gasteiger partial charge in [0.1, 0.15) is 11.5 Å². The van der Waals surface area contributed by atoms with Crippen molar-refractivity contribution in [1.29, 1.82) is 0 Å². The third-order valence-electron chi connectivity index (χ3n) is 10.2. The van der Waals surface area contributed by atoms with E-state index in [2.05, 4.69) is 199 Å². The Hall–Kier alpha value is -2.60. The molecule has 2 N–H and O–H groups in total. The van der Waals surface area contributed by atoms with Crippen LogP contribution < -0.4 is 9.97 Å². The van der Waals surface area contributed by atoms with Crippen LogP contribution in [0, 0.1) is 10.8 Å². The third kappa shape index (κ3) is 27.7. The number of hydrogen-bond acceptors (Lipinski definition) is 4. The van der Waals surface area contributed by atoms with E-state index in [1.54, 1.807) is 24.8 Å². The second-order valence-corrected chi connectivity index (χ2v) is 32.3. The van der Waals surface area contributed by atoms with Crippen molar-refractivity contribution < 1.29 is 46.1 Å². The van der Waals surface area contributed by atoms with Crippen LogP contribution in [0.2, 0.25) is 20.1 Å². The van der Waals surface area contributed by atoms with Gasteiger partial charge in [0.15, 0.2) is 0 Å². The Morgan fingerprint density at radius 3 is 0.867 bits per heavy atom. The molecule has 0 aliphatic rings. The molecular formula is C62H85BrCl4N4O2W2-2. The molecular weight excluding hydrogens is 1420 g/mol. The van der Waals surface area contributed by atoms with Gasteiger partial charge in [0.2, 0.25) is 0 Å². The van der Waals surface area contributed by atoms with Crippen molar-refractivity contribution in [3.8, 4) is 11.5 Å². The number of aromatic hydroxyl groups is 2. The van der Waals surface area contributed by atoms with Gasteiger partial charge in [-0.05, 0) is 55.9 Å². The topological polar surface area (TPSA) is 93.4 Å². The van der Waals surface area contributed by atoms with Crippen molar-refractivity contribution in [3.05, 3.63) is 162 Å². The van der Waals surface area contributed by atoms with Crippen LogP contribution in [0.1, 0.15) is 173 Å². The minimum atomic E-state index is -0.850. The zero-order valence-corrected chi connectivity index (χ0v) is 58.9. The van der Waals surface area contributed by atoms with Crippen LogP contribution in [-0.2, 0) is 62.9 Å². The normalized spacial score (nSPS) is 11.7. The molecule has 0 amide bonds. The SMILES string of the molecule is CC(C)(C)[CH]=[W]=[N]c1c(Cl)cccc1Cl.CC(C)(C)[CH]=[W]=[N]c1c(Cl)cccc1Cl.CC(C)(C)c1cc(Br)cc(C(C)(C)C)c1O.CC(C)(C)c1cc(C(C)(C)C)c(O)c(C(C)(C)C)c1.c1cc[n-]c1.c1cc[n-]c1. The molecule has 0 saturated heterocycles. The molecule has 0 aliphatic carbocycles. The van der Waals surface area contributed by atoms with Gasteiger partial charge in [0.05, 0.1) is 0 Å². The van der Waals surface area contributed by atoms with E-state index < -0.39 is 35.8 Å². The minimum Gasteiger partial charge on any atom is -0.670 e. The summed E-state index contributed by atoms with van der Waals surface area (Å²) >= 11 is 25.9. The van der Waals surface area contributed by atoms with Gasteiger partial charge >= 0.3 is 218 Å². The van der Waals surface area contributed by atoms with Crippen LogP contribution in [0.3, 0.4) is 0 Å². The van der Waals surface area contributed by atoms with Crippen molar-refractivity contribution in [1.82, 2.24) is 9.97 Å². The van der Waals surface area contributed by atoms with Crippen LogP contribution in [0.25, 0.3) is 0 Å². The molecule has 0 saturated carbocycles. The smallest absolute Gasteiger partial charge is 0.123 e. The van der Waals surface area contributed by atoms with Gasteiger partial charge in [-0.2, -0.15) is 24.8 Å². The number of hydrogen-bond donors (Lipinski definition) is 2. The summed E-state index contributed by atoms with van der Waals surface area (Å²) in [5.74, 6) is 0.899. The molecule has 13 heteroatoms. The Labute approximate surface area is 497 Å². The molecule has 0 fully saturated rings. The number of rotatable bonds is 2. The monoisotopic (exact) mass is 1500 g/mol. The quantitative estimate of drug-likeness (QED) is 0.181. The number of phenolic OH excluding ortho intramolecular Hbond substituents is 2. The predicted octanol–water partition coefficient (Wildman–Crippen LogP) is 20.8. The largest absolute Gasteiger partial charge is 0.670 e. The van der Waals surface area contributed by atoms with Crippen molar-refractivity contribution in [2.24, 2.45) is 17.8 Å². The third-order valence-corrected chi connectivity index (χ3v) is 19.8. The fourth-order valence-electron chi connectivity index (χ4n) is 6.08. The summed E-state index contributed by atoms with van der Waals surface area (Å²) in [4.78, 5) is 7.44. The number of halogens is 5. The van der Waals surface area contributed by atoms with Crippen molar-refractivity contribution in [2.45, 2.75) is 172 Å². The molecule has 6 nitrogen and oxygen atoms in total. The summed E-state index contributed by atoms with van der Waals surface area (Å²) in [6.07, 6.45) is 7.00. The Morgan fingerprint density at radius 1 is 0.413 bits per heavy atom. The van der Waals surface area contributed by atoms with Gasteiger partial charge in [-0.1, -0.05) is 156 Å². The molecule has 0 aliphatic heterocycles. The molecule has 6 aromatic rings. The first-order valence-electron chi connectivity index (χ1n) is 24.8. The zero-order valence-electron chi connectivity index (χ0n) is 48.4. The fourth-order valence-corrected chi connectivity index (χ4v) is 13.1. The molecule has 0 bridgehead atoms. The van der Waals surface area contributed by atoms with Crippen molar-refractivity contribution in [2.75, 3.05) is 0 Å².